The van der Waals surface area contributed by atoms with Crippen LogP contribution in [0.1, 0.15) is 68.6 Å². The Bertz CT molecular complexity index is 501. The van der Waals surface area contributed by atoms with Crippen molar-refractivity contribution in [1.82, 2.24) is 5.32 Å². The first-order valence-electron chi connectivity index (χ1n) is 8.91. The van der Waals surface area contributed by atoms with Crippen LogP contribution in [0, 0.1) is 0 Å². The summed E-state index contributed by atoms with van der Waals surface area (Å²) in [5.74, 6) is -0.965. The molecule has 4 N–H and O–H groups in total. The van der Waals surface area contributed by atoms with Gasteiger partial charge in [-0.15, -0.1) is 0 Å². The topological polar surface area (TPSA) is 107 Å². The van der Waals surface area contributed by atoms with Crippen LogP contribution < -0.4 is 5.32 Å². The number of hydrogen-bond acceptors (Lipinski definition) is 4. The van der Waals surface area contributed by atoms with Crippen LogP contribution in [0.2, 0.25) is 0 Å². The molecule has 1 aromatic rings. The predicted molar refractivity (Wildman–Crippen MR) is 109 cm³/mol. The third-order valence-electron chi connectivity index (χ3n) is 3.50. The van der Waals surface area contributed by atoms with Crippen molar-refractivity contribution in [2.45, 2.75) is 58.3 Å². The van der Waals surface area contributed by atoms with E-state index in [1.54, 1.807) is 25.1 Å². The summed E-state index contributed by atoms with van der Waals surface area (Å²) in [7, 11) is 0. The molecular formula is C19H31NNa2O5. The van der Waals surface area contributed by atoms with Crippen LogP contribution in [0.4, 0.5) is 0 Å². The van der Waals surface area contributed by atoms with Crippen molar-refractivity contribution in [1.29, 1.82) is 0 Å². The zero-order chi connectivity index (χ0) is 18.9. The second kappa shape index (κ2) is 22.2. The number of carboxylic acid groups (broad SMARTS) is 1. The number of phenolic OH excluding ortho intramolecular Hbond substituents is 1. The van der Waals surface area contributed by atoms with E-state index in [9.17, 15) is 14.7 Å². The van der Waals surface area contributed by atoms with Gasteiger partial charge in [-0.2, -0.15) is 0 Å². The number of para-hydroxylation sites is 1. The average Bonchev–Trinajstić information content (AvgIpc) is 2.57. The summed E-state index contributed by atoms with van der Waals surface area (Å²) < 4.78 is 0. The molecule has 0 saturated heterocycles. The number of hydrogen-bond donors (Lipinski definition) is 4. The standard InChI is InChI=1S/C17H25NO4.C2H6O.2Na/c19-15-11-8-7-10-14(15)17(22)18-13-9-5-3-1-2-4-6-12-16(20)21;1-2-3;;/h7-8,10-11,19H,1-6,9,12-13H2,(H,18,22)(H,20,21);3H,2H2,1H3;;. The summed E-state index contributed by atoms with van der Waals surface area (Å²) in [5, 5.41) is 28.4. The minimum atomic E-state index is -0.722. The summed E-state index contributed by atoms with van der Waals surface area (Å²) in [5.41, 5.74) is 0.306. The van der Waals surface area contributed by atoms with Gasteiger partial charge in [0.05, 0.1) is 5.56 Å². The van der Waals surface area contributed by atoms with Crippen molar-refractivity contribution >= 4 is 71.0 Å². The van der Waals surface area contributed by atoms with Crippen LogP contribution >= 0.6 is 0 Å². The average molecular weight is 399 g/mol. The van der Waals surface area contributed by atoms with Crippen molar-refractivity contribution in [2.75, 3.05) is 13.2 Å². The van der Waals surface area contributed by atoms with E-state index in [1.165, 1.54) is 6.07 Å². The molecule has 8 heteroatoms. The Morgan fingerprint density at radius 2 is 1.41 bits per heavy atom. The molecule has 0 atom stereocenters. The Labute approximate surface area is 206 Å². The van der Waals surface area contributed by atoms with E-state index < -0.39 is 5.97 Å². The van der Waals surface area contributed by atoms with E-state index in [2.05, 4.69) is 5.32 Å². The van der Waals surface area contributed by atoms with Gasteiger partial charge in [-0.05, 0) is 31.9 Å². The van der Waals surface area contributed by atoms with E-state index in [0.29, 0.717) is 12.1 Å². The smallest absolute Gasteiger partial charge is 0.303 e. The minimum absolute atomic E-state index is 0. The molecule has 27 heavy (non-hydrogen) atoms. The Morgan fingerprint density at radius 3 is 1.93 bits per heavy atom. The molecule has 0 unspecified atom stereocenters. The summed E-state index contributed by atoms with van der Waals surface area (Å²) in [6, 6.07) is 6.50. The normalized spacial score (nSPS) is 9.11. The van der Waals surface area contributed by atoms with Crippen molar-refractivity contribution in [3.8, 4) is 5.75 Å². The molecule has 1 amide bonds. The molecule has 0 aromatic heterocycles. The summed E-state index contributed by atoms with van der Waals surface area (Å²) in [6.45, 7) is 2.53. The Balaban J connectivity index is -0.00000108. The van der Waals surface area contributed by atoms with Gasteiger partial charge in [-0.1, -0.05) is 44.2 Å². The first kappa shape index (κ1) is 31.6. The number of aliphatic hydroxyl groups is 1. The summed E-state index contributed by atoms with van der Waals surface area (Å²) in [6.07, 6.45) is 7.21. The fraction of sp³-hybridized carbons (Fsp3) is 0.579. The quantitative estimate of drug-likeness (QED) is 0.338. The third kappa shape index (κ3) is 19.0. The van der Waals surface area contributed by atoms with Crippen LogP contribution in [0.15, 0.2) is 24.3 Å². The monoisotopic (exact) mass is 399 g/mol. The van der Waals surface area contributed by atoms with Gasteiger partial charge >= 0.3 is 5.97 Å². The van der Waals surface area contributed by atoms with Crippen LogP contribution in [0.3, 0.4) is 0 Å². The number of aliphatic carboxylic acids is 1. The SMILES string of the molecule is CCO.O=C(O)CCCCCCCCCNC(=O)c1ccccc1O.[Na].[Na]. The van der Waals surface area contributed by atoms with E-state index in [4.69, 9.17) is 10.2 Å². The Morgan fingerprint density at radius 1 is 0.926 bits per heavy atom. The molecule has 0 aliphatic carbocycles. The largest absolute Gasteiger partial charge is 0.507 e. The molecule has 0 heterocycles. The van der Waals surface area contributed by atoms with Crippen molar-refractivity contribution in [2.24, 2.45) is 0 Å². The number of carbonyl (C=O) groups excluding carboxylic acids is 1. The van der Waals surface area contributed by atoms with Gasteiger partial charge in [-0.3, -0.25) is 9.59 Å². The van der Waals surface area contributed by atoms with Crippen LogP contribution in [-0.4, -0.2) is 99.5 Å². The molecule has 0 aliphatic rings. The molecule has 0 spiro atoms. The zero-order valence-electron chi connectivity index (χ0n) is 17.0. The van der Waals surface area contributed by atoms with Gasteiger partial charge in [0, 0.05) is 78.7 Å². The first-order chi connectivity index (χ1) is 12.0. The van der Waals surface area contributed by atoms with Gasteiger partial charge in [-0.25, -0.2) is 0 Å². The number of aliphatic hydroxyl groups excluding tert-OH is 1. The van der Waals surface area contributed by atoms with Gasteiger partial charge in [0.1, 0.15) is 5.75 Å². The van der Waals surface area contributed by atoms with Gasteiger partial charge < -0.3 is 20.6 Å². The first-order valence-corrected chi connectivity index (χ1v) is 8.91. The molecule has 0 saturated carbocycles. The van der Waals surface area contributed by atoms with Gasteiger partial charge in [0.25, 0.3) is 5.91 Å². The third-order valence-corrected chi connectivity index (χ3v) is 3.50. The van der Waals surface area contributed by atoms with Gasteiger partial charge in [0.15, 0.2) is 0 Å². The predicted octanol–water partition coefficient (Wildman–Crippen LogP) is 2.56. The second-order valence-electron chi connectivity index (χ2n) is 5.71. The maximum Gasteiger partial charge on any atom is 0.303 e. The molecule has 0 bridgehead atoms. The number of carboxylic acids is 1. The molecular weight excluding hydrogens is 368 g/mol. The zero-order valence-corrected chi connectivity index (χ0v) is 21.0. The fourth-order valence-electron chi connectivity index (χ4n) is 2.25. The maximum absolute atomic E-state index is 11.8. The Kier molecular flexibility index (Phi) is 26.0. The number of nitrogens with one attached hydrogen (secondary N) is 1. The number of rotatable bonds is 11. The van der Waals surface area contributed by atoms with Crippen molar-refractivity contribution in [3.05, 3.63) is 29.8 Å². The number of phenols is 1. The number of unbranched alkanes of at least 4 members (excludes halogenated alkanes) is 6. The fourth-order valence-corrected chi connectivity index (χ4v) is 2.25. The number of carbonyl (C=O) groups is 2. The molecule has 144 valence electrons. The van der Waals surface area contributed by atoms with Crippen molar-refractivity contribution < 1.29 is 24.9 Å². The van der Waals surface area contributed by atoms with Crippen LogP contribution in [-0.2, 0) is 4.79 Å². The van der Waals surface area contributed by atoms with Crippen LogP contribution in [0.5, 0.6) is 5.75 Å². The minimum Gasteiger partial charge on any atom is -0.507 e. The number of amides is 1. The number of benzene rings is 1. The molecule has 1 rings (SSSR count). The van der Waals surface area contributed by atoms with Gasteiger partial charge in [0.2, 0.25) is 0 Å². The van der Waals surface area contributed by atoms with Crippen LogP contribution in [0.25, 0.3) is 0 Å². The molecule has 1 aromatic carbocycles. The maximum atomic E-state index is 11.8. The summed E-state index contributed by atoms with van der Waals surface area (Å²) >= 11 is 0. The summed E-state index contributed by atoms with van der Waals surface area (Å²) in [4.78, 5) is 22.1. The molecule has 0 aliphatic heterocycles. The van der Waals surface area contributed by atoms with Crippen molar-refractivity contribution in [3.63, 3.8) is 0 Å². The van der Waals surface area contributed by atoms with E-state index in [-0.39, 0.29) is 83.8 Å². The molecule has 6 nitrogen and oxygen atoms in total. The number of aromatic hydroxyl groups is 1. The van der Waals surface area contributed by atoms with E-state index in [1.807, 2.05) is 0 Å². The van der Waals surface area contributed by atoms with E-state index in [0.717, 1.165) is 44.9 Å². The van der Waals surface area contributed by atoms with E-state index >= 15 is 0 Å². The molecule has 0 fully saturated rings. The second-order valence-corrected chi connectivity index (χ2v) is 5.71. The Hall–Kier alpha value is -0.0800. The molecule has 2 radical (unpaired) electrons.